The molecule has 0 spiro atoms. The van der Waals surface area contributed by atoms with Gasteiger partial charge in [-0.05, 0) is 25.0 Å². The summed E-state index contributed by atoms with van der Waals surface area (Å²) < 4.78 is 0. The molecule has 2 heterocycles. The fraction of sp³-hybridized carbons (Fsp3) is 0.417. The Bertz CT molecular complexity index is 426. The highest BCUT2D eigenvalue weighted by Crippen LogP contribution is 2.20. The molecule has 1 amide bonds. The normalized spacial score (nSPS) is 16.8. The van der Waals surface area contributed by atoms with Crippen molar-refractivity contribution in [3.05, 3.63) is 23.9 Å². The highest BCUT2D eigenvalue weighted by Gasteiger charge is 2.25. The summed E-state index contributed by atoms with van der Waals surface area (Å²) in [6, 6.07) is 5.08. The minimum absolute atomic E-state index is 0.0304. The molecule has 1 aromatic rings. The summed E-state index contributed by atoms with van der Waals surface area (Å²) in [4.78, 5) is 28.4. The topological polar surface area (TPSA) is 76.3 Å². The van der Waals surface area contributed by atoms with E-state index in [4.69, 9.17) is 5.73 Å². The molecule has 5 nitrogen and oxygen atoms in total. The summed E-state index contributed by atoms with van der Waals surface area (Å²) >= 11 is 0. The molecular weight excluding hydrogens is 218 g/mol. The van der Waals surface area contributed by atoms with E-state index in [0.717, 1.165) is 6.41 Å². The summed E-state index contributed by atoms with van der Waals surface area (Å²) in [7, 11) is 0. The molecule has 0 aliphatic carbocycles. The van der Waals surface area contributed by atoms with E-state index >= 15 is 0 Å². The van der Waals surface area contributed by atoms with E-state index in [9.17, 15) is 9.59 Å². The lowest BCUT2D eigenvalue weighted by Gasteiger charge is -2.28. The van der Waals surface area contributed by atoms with E-state index in [0.29, 0.717) is 37.4 Å². The molecule has 90 valence electrons. The van der Waals surface area contributed by atoms with E-state index in [1.165, 1.54) is 0 Å². The highest BCUT2D eigenvalue weighted by molar-refractivity contribution is 5.96. The van der Waals surface area contributed by atoms with Gasteiger partial charge >= 0.3 is 0 Å². The van der Waals surface area contributed by atoms with Gasteiger partial charge in [-0.1, -0.05) is 6.07 Å². The van der Waals surface area contributed by atoms with Crippen molar-refractivity contribution in [3.63, 3.8) is 0 Å². The number of nitrogen functional groups attached to an aromatic ring is 1. The third kappa shape index (κ3) is 2.61. The third-order valence-corrected chi connectivity index (χ3v) is 3.07. The summed E-state index contributed by atoms with van der Waals surface area (Å²) in [5.74, 6) is 0.351. The number of nitrogens with two attached hydrogens (primary N) is 1. The SMILES string of the molecule is Nc1cccc(C(=O)C2CCN(C=O)CC2)n1. The van der Waals surface area contributed by atoms with E-state index in [2.05, 4.69) is 4.98 Å². The number of rotatable bonds is 3. The van der Waals surface area contributed by atoms with Crippen LogP contribution in [0.25, 0.3) is 0 Å². The van der Waals surface area contributed by atoms with Gasteiger partial charge in [-0.25, -0.2) is 4.98 Å². The number of nitrogens with zero attached hydrogens (tertiary/aromatic N) is 2. The molecule has 1 aromatic heterocycles. The van der Waals surface area contributed by atoms with Crippen molar-refractivity contribution in [1.29, 1.82) is 0 Å². The molecule has 0 atom stereocenters. The van der Waals surface area contributed by atoms with Gasteiger partial charge in [0, 0.05) is 19.0 Å². The first-order chi connectivity index (χ1) is 8.20. The van der Waals surface area contributed by atoms with Crippen LogP contribution in [0.3, 0.4) is 0 Å². The highest BCUT2D eigenvalue weighted by atomic mass is 16.1. The maximum Gasteiger partial charge on any atom is 0.209 e. The zero-order chi connectivity index (χ0) is 12.3. The molecule has 0 bridgehead atoms. The lowest BCUT2D eigenvalue weighted by Crippen LogP contribution is -2.35. The molecule has 0 radical (unpaired) electrons. The Morgan fingerprint density at radius 3 is 2.71 bits per heavy atom. The van der Waals surface area contributed by atoms with Crippen molar-refractivity contribution in [2.24, 2.45) is 5.92 Å². The largest absolute Gasteiger partial charge is 0.384 e. The fourth-order valence-electron chi connectivity index (χ4n) is 2.06. The van der Waals surface area contributed by atoms with E-state index in [-0.39, 0.29) is 11.7 Å². The average molecular weight is 233 g/mol. The molecular formula is C12H15N3O2. The van der Waals surface area contributed by atoms with Crippen molar-refractivity contribution in [2.45, 2.75) is 12.8 Å². The Kier molecular flexibility index (Phi) is 3.37. The molecule has 0 aromatic carbocycles. The van der Waals surface area contributed by atoms with Gasteiger partial charge in [0.25, 0.3) is 0 Å². The first kappa shape index (κ1) is 11.6. The average Bonchev–Trinajstić information content (AvgIpc) is 2.38. The first-order valence-electron chi connectivity index (χ1n) is 5.67. The third-order valence-electron chi connectivity index (χ3n) is 3.07. The number of carbonyl (C=O) groups is 2. The molecule has 0 saturated carbocycles. The maximum absolute atomic E-state index is 12.1. The van der Waals surface area contributed by atoms with Crippen LogP contribution >= 0.6 is 0 Å². The molecule has 17 heavy (non-hydrogen) atoms. The quantitative estimate of drug-likeness (QED) is 0.616. The zero-order valence-corrected chi connectivity index (χ0v) is 9.50. The molecule has 5 heteroatoms. The van der Waals surface area contributed by atoms with Gasteiger partial charge in [0.15, 0.2) is 5.78 Å². The Hall–Kier alpha value is -1.91. The Labute approximate surface area is 99.6 Å². The summed E-state index contributed by atoms with van der Waals surface area (Å²) in [6.07, 6.45) is 2.24. The van der Waals surface area contributed by atoms with Gasteiger partial charge in [0.05, 0.1) is 0 Å². The predicted molar refractivity (Wildman–Crippen MR) is 63.3 cm³/mol. The van der Waals surface area contributed by atoms with Crippen LogP contribution in [0, 0.1) is 5.92 Å². The minimum atomic E-state index is -0.0412. The summed E-state index contributed by atoms with van der Waals surface area (Å²) in [6.45, 7) is 1.28. The lowest BCUT2D eigenvalue weighted by molar-refractivity contribution is -0.119. The number of likely N-dealkylation sites (tertiary alicyclic amines) is 1. The van der Waals surface area contributed by atoms with Crippen LogP contribution < -0.4 is 5.73 Å². The fourth-order valence-corrected chi connectivity index (χ4v) is 2.06. The smallest absolute Gasteiger partial charge is 0.209 e. The van der Waals surface area contributed by atoms with Gasteiger partial charge < -0.3 is 10.6 Å². The Balaban J connectivity index is 2.04. The number of ketones is 1. The van der Waals surface area contributed by atoms with Crippen molar-refractivity contribution < 1.29 is 9.59 Å². The number of carbonyl (C=O) groups excluding carboxylic acids is 2. The number of hydrogen-bond donors (Lipinski definition) is 1. The molecule has 1 fully saturated rings. The molecule has 2 rings (SSSR count). The number of aromatic nitrogens is 1. The van der Waals surface area contributed by atoms with Gasteiger partial charge in [-0.3, -0.25) is 9.59 Å². The van der Waals surface area contributed by atoms with Crippen LogP contribution in [0.4, 0.5) is 5.82 Å². The van der Waals surface area contributed by atoms with Crippen LogP contribution in [0.5, 0.6) is 0 Å². The monoisotopic (exact) mass is 233 g/mol. The molecule has 1 aliphatic rings. The van der Waals surface area contributed by atoms with Gasteiger partial charge in [-0.15, -0.1) is 0 Å². The van der Waals surface area contributed by atoms with Crippen LogP contribution in [0.15, 0.2) is 18.2 Å². The molecule has 2 N–H and O–H groups in total. The van der Waals surface area contributed by atoms with E-state index in [1.54, 1.807) is 23.1 Å². The second-order valence-corrected chi connectivity index (χ2v) is 4.23. The minimum Gasteiger partial charge on any atom is -0.384 e. The van der Waals surface area contributed by atoms with Gasteiger partial charge in [0.1, 0.15) is 11.5 Å². The van der Waals surface area contributed by atoms with Crippen molar-refractivity contribution in [2.75, 3.05) is 18.8 Å². The van der Waals surface area contributed by atoms with Crippen LogP contribution in [-0.2, 0) is 4.79 Å². The van der Waals surface area contributed by atoms with Crippen LogP contribution in [0.1, 0.15) is 23.3 Å². The van der Waals surface area contributed by atoms with E-state index < -0.39 is 0 Å². The lowest BCUT2D eigenvalue weighted by atomic mass is 9.91. The van der Waals surface area contributed by atoms with Gasteiger partial charge in [0.2, 0.25) is 6.41 Å². The van der Waals surface area contributed by atoms with Crippen LogP contribution in [0.2, 0.25) is 0 Å². The van der Waals surface area contributed by atoms with Crippen molar-refractivity contribution >= 4 is 18.0 Å². The molecule has 1 saturated heterocycles. The van der Waals surface area contributed by atoms with Crippen molar-refractivity contribution in [3.8, 4) is 0 Å². The van der Waals surface area contributed by atoms with Crippen molar-refractivity contribution in [1.82, 2.24) is 9.88 Å². The first-order valence-corrected chi connectivity index (χ1v) is 5.67. The van der Waals surface area contributed by atoms with E-state index in [1.807, 2.05) is 0 Å². The standard InChI is InChI=1S/C12H15N3O2/c13-11-3-1-2-10(14-11)12(17)9-4-6-15(8-16)7-5-9/h1-3,8-9H,4-7H2,(H2,13,14). The Morgan fingerprint density at radius 2 is 2.12 bits per heavy atom. The second kappa shape index (κ2) is 4.95. The maximum atomic E-state index is 12.1. The molecule has 1 aliphatic heterocycles. The summed E-state index contributed by atoms with van der Waals surface area (Å²) in [5.41, 5.74) is 5.98. The summed E-state index contributed by atoms with van der Waals surface area (Å²) in [5, 5.41) is 0. The van der Waals surface area contributed by atoms with Gasteiger partial charge in [-0.2, -0.15) is 0 Å². The zero-order valence-electron chi connectivity index (χ0n) is 9.50. The number of Topliss-reactive ketones (excluding diaryl/α,β-unsaturated/α-hetero) is 1. The predicted octanol–water partition coefficient (Wildman–Crippen LogP) is 0.715. The number of anilines is 1. The number of piperidine rings is 1. The molecule has 0 unspecified atom stereocenters. The number of hydrogen-bond acceptors (Lipinski definition) is 4. The Morgan fingerprint density at radius 1 is 1.41 bits per heavy atom. The van der Waals surface area contributed by atoms with Crippen LogP contribution in [-0.4, -0.2) is 35.2 Å². The second-order valence-electron chi connectivity index (χ2n) is 4.23. The number of amides is 1. The number of pyridine rings is 1.